The van der Waals surface area contributed by atoms with E-state index in [1.807, 2.05) is 6.07 Å². The Morgan fingerprint density at radius 2 is 1.67 bits per heavy atom. The van der Waals surface area contributed by atoms with E-state index in [9.17, 15) is 12.9 Å². The van der Waals surface area contributed by atoms with Crippen LogP contribution in [0, 0.1) is 0 Å². The minimum atomic E-state index is -4.83. The zero-order valence-electron chi connectivity index (χ0n) is 8.77. The number of hydrogen-bond donors (Lipinski definition) is 0. The van der Waals surface area contributed by atoms with Gasteiger partial charge in [0.05, 0.1) is 0 Å². The van der Waals surface area contributed by atoms with E-state index in [0.717, 1.165) is 24.8 Å². The second-order valence-corrected chi connectivity index (χ2v) is 3.77. The van der Waals surface area contributed by atoms with Crippen molar-refractivity contribution in [1.29, 1.82) is 0 Å². The number of aryl methyl sites for hydroxylation is 1. The van der Waals surface area contributed by atoms with Gasteiger partial charge in [0, 0.05) is 0 Å². The molecule has 0 fully saturated rings. The molecule has 0 heterocycles. The van der Waals surface area contributed by atoms with E-state index in [2.05, 4.69) is 0 Å². The molecule has 1 aromatic carbocycles. The molecule has 0 amide bonds. The van der Waals surface area contributed by atoms with Crippen LogP contribution in [0.3, 0.4) is 0 Å². The van der Waals surface area contributed by atoms with Crippen LogP contribution < -0.4 is 56.8 Å². The van der Waals surface area contributed by atoms with Crippen molar-refractivity contribution in [3.63, 3.8) is 0 Å². The van der Waals surface area contributed by atoms with Crippen LogP contribution in [0.5, 0.6) is 0 Å². The summed E-state index contributed by atoms with van der Waals surface area (Å²) < 4.78 is 37.9. The third-order valence-electron chi connectivity index (χ3n) is 2.78. The molecule has 0 bridgehead atoms. The molecule has 1 aliphatic rings. The molecule has 1 aliphatic carbocycles. The van der Waals surface area contributed by atoms with Crippen molar-refractivity contribution in [2.24, 2.45) is 0 Å². The van der Waals surface area contributed by atoms with Gasteiger partial charge in [0.1, 0.15) is 0 Å². The fraction of sp³-hybridized carbons (Fsp3) is 0.400. The Morgan fingerprint density at radius 3 is 2.33 bits per heavy atom. The molecular formula is C10H11BF3K. The standard InChI is InChI=1S/C10H11BF3.K/c12-11(13,14)10-7-3-5-8-4-1-2-6-9(8)10;/h3,5,7H,1-2,4,6H2;/q-1;+1. The molecule has 0 atom stereocenters. The maximum absolute atomic E-state index is 12.6. The molecule has 0 nitrogen and oxygen atoms in total. The summed E-state index contributed by atoms with van der Waals surface area (Å²) in [5.41, 5.74) is 1.07. The average molecular weight is 238 g/mol. The molecule has 76 valence electrons. The Bertz CT molecular complexity index is 349. The molecular weight excluding hydrogens is 227 g/mol. The van der Waals surface area contributed by atoms with Crippen molar-refractivity contribution in [2.75, 3.05) is 0 Å². The molecule has 0 saturated heterocycles. The zero-order chi connectivity index (χ0) is 10.2. The van der Waals surface area contributed by atoms with E-state index in [1.54, 1.807) is 0 Å². The van der Waals surface area contributed by atoms with Crippen LogP contribution >= 0.6 is 0 Å². The predicted octanol–water partition coefficient (Wildman–Crippen LogP) is -0.376. The van der Waals surface area contributed by atoms with Crippen molar-refractivity contribution in [3.8, 4) is 0 Å². The molecule has 0 radical (unpaired) electrons. The van der Waals surface area contributed by atoms with Gasteiger partial charge in [-0.25, -0.2) is 0 Å². The van der Waals surface area contributed by atoms with Crippen LogP contribution in [-0.2, 0) is 12.8 Å². The number of hydrogen-bond acceptors (Lipinski definition) is 0. The smallest absolute Gasteiger partial charge is 0.445 e. The first-order chi connectivity index (χ1) is 6.59. The molecule has 0 spiro atoms. The van der Waals surface area contributed by atoms with Crippen LogP contribution in [0.2, 0.25) is 0 Å². The fourth-order valence-corrected chi connectivity index (χ4v) is 2.12. The second kappa shape index (κ2) is 5.36. The summed E-state index contributed by atoms with van der Waals surface area (Å²) in [6.07, 6.45) is 3.29. The van der Waals surface area contributed by atoms with E-state index < -0.39 is 6.98 Å². The second-order valence-electron chi connectivity index (χ2n) is 3.77. The molecule has 5 heteroatoms. The van der Waals surface area contributed by atoms with E-state index in [1.165, 1.54) is 12.1 Å². The summed E-state index contributed by atoms with van der Waals surface area (Å²) >= 11 is 0. The third kappa shape index (κ3) is 3.10. The van der Waals surface area contributed by atoms with Gasteiger partial charge in [-0.15, -0.1) is 5.46 Å². The predicted molar refractivity (Wildman–Crippen MR) is 51.8 cm³/mol. The van der Waals surface area contributed by atoms with E-state index >= 15 is 0 Å². The number of fused-ring (bicyclic) bond motifs is 1. The van der Waals surface area contributed by atoms with Gasteiger partial charge in [0.15, 0.2) is 0 Å². The summed E-state index contributed by atoms with van der Waals surface area (Å²) in [4.78, 5) is 0. The molecule has 0 aliphatic heterocycles. The van der Waals surface area contributed by atoms with Crippen molar-refractivity contribution in [2.45, 2.75) is 25.7 Å². The summed E-state index contributed by atoms with van der Waals surface area (Å²) in [7, 11) is 0. The van der Waals surface area contributed by atoms with Crippen molar-refractivity contribution >= 4 is 12.4 Å². The van der Waals surface area contributed by atoms with Crippen molar-refractivity contribution < 1.29 is 64.3 Å². The Hall–Kier alpha value is 0.711. The normalized spacial score (nSPS) is 15.4. The van der Waals surface area contributed by atoms with Gasteiger partial charge in [-0.2, -0.15) is 0 Å². The van der Waals surface area contributed by atoms with Crippen molar-refractivity contribution in [3.05, 3.63) is 29.3 Å². The van der Waals surface area contributed by atoms with Gasteiger partial charge in [-0.1, -0.05) is 23.8 Å². The van der Waals surface area contributed by atoms with Gasteiger partial charge in [-0.05, 0) is 31.2 Å². The first-order valence-corrected chi connectivity index (χ1v) is 4.89. The number of rotatable bonds is 1. The molecule has 0 aromatic heterocycles. The van der Waals surface area contributed by atoms with E-state index in [-0.39, 0.29) is 56.8 Å². The molecule has 0 N–H and O–H groups in total. The third-order valence-corrected chi connectivity index (χ3v) is 2.78. The molecule has 0 unspecified atom stereocenters. The first-order valence-electron chi connectivity index (χ1n) is 4.89. The molecule has 15 heavy (non-hydrogen) atoms. The summed E-state index contributed by atoms with van der Waals surface area (Å²) in [5.74, 6) is 0. The van der Waals surface area contributed by atoms with Gasteiger partial charge in [0.25, 0.3) is 0 Å². The molecule has 1 aromatic rings. The zero-order valence-corrected chi connectivity index (χ0v) is 11.9. The van der Waals surface area contributed by atoms with Gasteiger partial charge in [-0.3, -0.25) is 0 Å². The van der Waals surface area contributed by atoms with Crippen LogP contribution in [0.25, 0.3) is 0 Å². The molecule has 0 saturated carbocycles. The average Bonchev–Trinajstić information content (AvgIpc) is 2.15. The van der Waals surface area contributed by atoms with E-state index in [0.29, 0.717) is 12.0 Å². The maximum Gasteiger partial charge on any atom is 1.00 e. The summed E-state index contributed by atoms with van der Waals surface area (Å²) in [6, 6.07) is 4.55. The number of benzene rings is 1. The van der Waals surface area contributed by atoms with Gasteiger partial charge in [0.2, 0.25) is 0 Å². The Morgan fingerprint density at radius 1 is 1.00 bits per heavy atom. The Labute approximate surface area is 130 Å². The maximum atomic E-state index is 12.6. The quantitative estimate of drug-likeness (QED) is 0.585. The van der Waals surface area contributed by atoms with E-state index in [4.69, 9.17) is 0 Å². The summed E-state index contributed by atoms with van der Waals surface area (Å²) in [5, 5.41) is 0. The van der Waals surface area contributed by atoms with Crippen LogP contribution in [0.4, 0.5) is 12.9 Å². The van der Waals surface area contributed by atoms with Gasteiger partial charge < -0.3 is 12.9 Å². The monoisotopic (exact) mass is 238 g/mol. The number of halogens is 3. The fourth-order valence-electron chi connectivity index (χ4n) is 2.12. The van der Waals surface area contributed by atoms with Crippen LogP contribution in [0.1, 0.15) is 24.0 Å². The Balaban J connectivity index is 0.00000112. The summed E-state index contributed by atoms with van der Waals surface area (Å²) in [6.45, 7) is -4.83. The topological polar surface area (TPSA) is 0 Å². The van der Waals surface area contributed by atoms with Crippen LogP contribution in [-0.4, -0.2) is 6.98 Å². The molecule has 2 rings (SSSR count). The van der Waals surface area contributed by atoms with Gasteiger partial charge >= 0.3 is 58.4 Å². The SMILES string of the molecule is F[B-](F)(F)c1cccc2c1CCCC2.[K+]. The first kappa shape index (κ1) is 13.8. The Kier molecular flexibility index (Phi) is 4.92. The largest absolute Gasteiger partial charge is 1.00 e. The minimum Gasteiger partial charge on any atom is -0.445 e. The van der Waals surface area contributed by atoms with Crippen LogP contribution in [0.15, 0.2) is 18.2 Å². The van der Waals surface area contributed by atoms with Crippen molar-refractivity contribution in [1.82, 2.24) is 0 Å². The minimum absolute atomic E-state index is 0.